The first-order chi connectivity index (χ1) is 10.1. The molecule has 1 amide bonds. The maximum absolute atomic E-state index is 11.9. The lowest BCUT2D eigenvalue weighted by Crippen LogP contribution is -2.18. The highest BCUT2D eigenvalue weighted by molar-refractivity contribution is 7.14. The number of hydrogen-bond acceptors (Lipinski definition) is 6. The molecule has 0 atom stereocenters. The highest BCUT2D eigenvalue weighted by atomic mass is 32.1. The summed E-state index contributed by atoms with van der Waals surface area (Å²) in [6, 6.07) is 6.84. The van der Waals surface area contributed by atoms with Crippen molar-refractivity contribution in [1.29, 1.82) is 0 Å². The second-order valence-corrected chi connectivity index (χ2v) is 6.27. The molecule has 110 valence electrons. The average Bonchev–Trinajstić information content (AvgIpc) is 3.12. The third kappa shape index (κ3) is 4.51. The van der Waals surface area contributed by atoms with Gasteiger partial charge in [0.05, 0.1) is 11.4 Å². The second kappa shape index (κ2) is 7.14. The van der Waals surface area contributed by atoms with Crippen LogP contribution in [0.3, 0.4) is 0 Å². The Kier molecular flexibility index (Phi) is 5.24. The first-order valence-electron chi connectivity index (χ1n) is 6.13. The standard InChI is InChI=1S/C14H13NO4S2/c1-9(16)15-7-10-4-5-12(21-10)11(17)8-19-14(18)13-3-2-6-20-13/h2-6H,7-8H2,1H3,(H,15,16). The number of thiophene rings is 2. The van der Waals surface area contributed by atoms with Crippen LogP contribution in [0.5, 0.6) is 0 Å². The molecule has 21 heavy (non-hydrogen) atoms. The number of carbonyl (C=O) groups excluding carboxylic acids is 3. The Morgan fingerprint density at radius 3 is 2.67 bits per heavy atom. The van der Waals surface area contributed by atoms with Gasteiger partial charge in [-0.05, 0) is 23.6 Å². The van der Waals surface area contributed by atoms with Gasteiger partial charge in [0.25, 0.3) is 0 Å². The lowest BCUT2D eigenvalue weighted by atomic mass is 10.3. The zero-order valence-corrected chi connectivity index (χ0v) is 12.9. The first-order valence-corrected chi connectivity index (χ1v) is 7.83. The van der Waals surface area contributed by atoms with Crippen molar-refractivity contribution in [3.8, 4) is 0 Å². The molecule has 0 saturated carbocycles. The molecule has 0 aliphatic heterocycles. The second-order valence-electron chi connectivity index (χ2n) is 4.15. The van der Waals surface area contributed by atoms with E-state index in [1.54, 1.807) is 29.6 Å². The summed E-state index contributed by atoms with van der Waals surface area (Å²) in [5.74, 6) is -0.867. The number of ether oxygens (including phenoxy) is 1. The Balaban J connectivity index is 1.86. The molecule has 7 heteroatoms. The van der Waals surface area contributed by atoms with E-state index in [1.165, 1.54) is 29.6 Å². The monoisotopic (exact) mass is 323 g/mol. The smallest absolute Gasteiger partial charge is 0.348 e. The maximum Gasteiger partial charge on any atom is 0.348 e. The molecule has 5 nitrogen and oxygen atoms in total. The number of carbonyl (C=O) groups is 3. The summed E-state index contributed by atoms with van der Waals surface area (Å²) in [7, 11) is 0. The summed E-state index contributed by atoms with van der Waals surface area (Å²) >= 11 is 2.55. The van der Waals surface area contributed by atoms with Gasteiger partial charge in [-0.3, -0.25) is 9.59 Å². The number of esters is 1. The van der Waals surface area contributed by atoms with Gasteiger partial charge >= 0.3 is 5.97 Å². The van der Waals surface area contributed by atoms with Gasteiger partial charge in [0.15, 0.2) is 6.61 Å². The van der Waals surface area contributed by atoms with Crippen LogP contribution in [0.4, 0.5) is 0 Å². The van der Waals surface area contributed by atoms with E-state index in [2.05, 4.69) is 5.32 Å². The van der Waals surface area contributed by atoms with Crippen LogP contribution in [0, 0.1) is 0 Å². The van der Waals surface area contributed by atoms with E-state index in [1.807, 2.05) is 0 Å². The van der Waals surface area contributed by atoms with Crippen LogP contribution in [0.25, 0.3) is 0 Å². The molecule has 0 radical (unpaired) electrons. The summed E-state index contributed by atoms with van der Waals surface area (Å²) in [6.45, 7) is 1.54. The average molecular weight is 323 g/mol. The summed E-state index contributed by atoms with van der Waals surface area (Å²) in [5.41, 5.74) is 0. The van der Waals surface area contributed by atoms with E-state index in [0.717, 1.165) is 4.88 Å². The summed E-state index contributed by atoms with van der Waals surface area (Å²) in [5, 5.41) is 4.43. The summed E-state index contributed by atoms with van der Waals surface area (Å²) in [4.78, 5) is 36.2. The highest BCUT2D eigenvalue weighted by Crippen LogP contribution is 2.17. The van der Waals surface area contributed by atoms with Crippen molar-refractivity contribution in [2.45, 2.75) is 13.5 Å². The molecular formula is C14H13NO4S2. The van der Waals surface area contributed by atoms with Crippen LogP contribution in [0.1, 0.15) is 31.1 Å². The van der Waals surface area contributed by atoms with Crippen LogP contribution in [0.2, 0.25) is 0 Å². The molecule has 2 aromatic heterocycles. The van der Waals surface area contributed by atoms with Gasteiger partial charge in [-0.25, -0.2) is 4.79 Å². The Hall–Kier alpha value is -1.99. The molecule has 2 aromatic rings. The Morgan fingerprint density at radius 2 is 2.00 bits per heavy atom. The lowest BCUT2D eigenvalue weighted by Gasteiger charge is -2.01. The van der Waals surface area contributed by atoms with Gasteiger partial charge in [-0.1, -0.05) is 6.07 Å². The van der Waals surface area contributed by atoms with Crippen LogP contribution < -0.4 is 5.32 Å². The van der Waals surface area contributed by atoms with Gasteiger partial charge in [0, 0.05) is 11.8 Å². The minimum atomic E-state index is -0.492. The minimum absolute atomic E-state index is 0.124. The molecule has 2 heterocycles. The molecule has 0 aliphatic rings. The summed E-state index contributed by atoms with van der Waals surface area (Å²) < 4.78 is 4.97. The lowest BCUT2D eigenvalue weighted by molar-refractivity contribution is -0.119. The van der Waals surface area contributed by atoms with Gasteiger partial charge < -0.3 is 10.1 Å². The van der Waals surface area contributed by atoms with Crippen molar-refractivity contribution in [3.05, 3.63) is 44.3 Å². The van der Waals surface area contributed by atoms with E-state index in [-0.39, 0.29) is 18.3 Å². The first kappa shape index (κ1) is 15.4. The van der Waals surface area contributed by atoms with Gasteiger partial charge in [0.1, 0.15) is 4.88 Å². The van der Waals surface area contributed by atoms with E-state index >= 15 is 0 Å². The molecule has 0 aromatic carbocycles. The molecule has 0 saturated heterocycles. The van der Waals surface area contributed by atoms with Gasteiger partial charge in [-0.2, -0.15) is 0 Å². The topological polar surface area (TPSA) is 72.5 Å². The van der Waals surface area contributed by atoms with E-state index in [4.69, 9.17) is 4.74 Å². The fourth-order valence-electron chi connectivity index (χ4n) is 1.50. The van der Waals surface area contributed by atoms with Gasteiger partial charge in [0.2, 0.25) is 11.7 Å². The number of rotatable bonds is 6. The van der Waals surface area contributed by atoms with Crippen LogP contribution >= 0.6 is 22.7 Å². The zero-order valence-electron chi connectivity index (χ0n) is 11.3. The molecule has 0 spiro atoms. The quantitative estimate of drug-likeness (QED) is 0.655. The SMILES string of the molecule is CC(=O)NCc1ccc(C(=O)COC(=O)c2cccs2)s1. The van der Waals surface area contributed by atoms with Crippen molar-refractivity contribution in [3.63, 3.8) is 0 Å². The predicted octanol–water partition coefficient (Wildman–Crippen LogP) is 2.49. The maximum atomic E-state index is 11.9. The molecule has 2 rings (SSSR count). The largest absolute Gasteiger partial charge is 0.453 e. The van der Waals surface area contributed by atoms with E-state index in [9.17, 15) is 14.4 Å². The third-order valence-electron chi connectivity index (χ3n) is 2.50. The van der Waals surface area contributed by atoms with Crippen molar-refractivity contribution >= 4 is 40.3 Å². The molecule has 0 bridgehead atoms. The van der Waals surface area contributed by atoms with Crippen molar-refractivity contribution < 1.29 is 19.1 Å². The van der Waals surface area contributed by atoms with Crippen molar-refractivity contribution in [2.24, 2.45) is 0 Å². The molecular weight excluding hydrogens is 310 g/mol. The minimum Gasteiger partial charge on any atom is -0.453 e. The molecule has 0 unspecified atom stereocenters. The van der Waals surface area contributed by atoms with E-state index in [0.29, 0.717) is 16.3 Å². The number of nitrogens with one attached hydrogen (secondary N) is 1. The molecule has 0 fully saturated rings. The van der Waals surface area contributed by atoms with E-state index < -0.39 is 5.97 Å². The molecule has 1 N–H and O–H groups in total. The number of Topliss-reactive ketones (excluding diaryl/α,β-unsaturated/α-hetero) is 1. The fourth-order valence-corrected chi connectivity index (χ4v) is 2.99. The van der Waals surface area contributed by atoms with Crippen LogP contribution in [-0.2, 0) is 16.1 Å². The predicted molar refractivity (Wildman–Crippen MR) is 80.8 cm³/mol. The van der Waals surface area contributed by atoms with Gasteiger partial charge in [-0.15, -0.1) is 22.7 Å². The summed E-state index contributed by atoms with van der Waals surface area (Å²) in [6.07, 6.45) is 0. The highest BCUT2D eigenvalue weighted by Gasteiger charge is 2.14. The third-order valence-corrected chi connectivity index (χ3v) is 4.48. The zero-order chi connectivity index (χ0) is 15.2. The normalized spacial score (nSPS) is 10.1. The Labute approximate surface area is 129 Å². The van der Waals surface area contributed by atoms with Crippen LogP contribution in [0.15, 0.2) is 29.6 Å². The number of hydrogen-bond donors (Lipinski definition) is 1. The Morgan fingerprint density at radius 1 is 1.19 bits per heavy atom. The Bertz CT molecular complexity index is 646. The number of ketones is 1. The van der Waals surface area contributed by atoms with Crippen molar-refractivity contribution in [2.75, 3.05) is 6.61 Å². The molecule has 0 aliphatic carbocycles. The fraction of sp³-hybridized carbons (Fsp3) is 0.214. The van der Waals surface area contributed by atoms with Crippen LogP contribution in [-0.4, -0.2) is 24.3 Å². The van der Waals surface area contributed by atoms with Crippen molar-refractivity contribution in [1.82, 2.24) is 5.32 Å². The number of amides is 1.